The first-order valence-electron chi connectivity index (χ1n) is 7.73. The second kappa shape index (κ2) is 7.30. The lowest BCUT2D eigenvalue weighted by molar-refractivity contribution is -0.322. The Balaban J connectivity index is 2.13. The van der Waals surface area contributed by atoms with E-state index < -0.39 is 60.8 Å². The molecule has 7 atom stereocenters. The van der Waals surface area contributed by atoms with Crippen molar-refractivity contribution in [1.29, 1.82) is 0 Å². The van der Waals surface area contributed by atoms with Crippen molar-refractivity contribution in [2.45, 2.75) is 62.1 Å². The highest BCUT2D eigenvalue weighted by Crippen LogP contribution is 2.38. The summed E-state index contributed by atoms with van der Waals surface area (Å²) in [7, 11) is 1.43. The Labute approximate surface area is 138 Å². The van der Waals surface area contributed by atoms with Crippen molar-refractivity contribution in [3.8, 4) is 0 Å². The van der Waals surface area contributed by atoms with E-state index in [0.717, 1.165) is 0 Å². The average molecular weight is 348 g/mol. The van der Waals surface area contributed by atoms with E-state index in [0.29, 0.717) is 12.8 Å². The van der Waals surface area contributed by atoms with E-state index in [1.807, 2.05) is 0 Å². The summed E-state index contributed by atoms with van der Waals surface area (Å²) in [5.41, 5.74) is -1.29. The van der Waals surface area contributed by atoms with Gasteiger partial charge in [0.25, 0.3) is 0 Å². The highest BCUT2D eigenvalue weighted by Gasteiger charge is 2.56. The summed E-state index contributed by atoms with van der Waals surface area (Å²) >= 11 is 0. The molecule has 0 aromatic carbocycles. The molecule has 1 aliphatic heterocycles. The number of carbonyl (C=O) groups excluding carboxylic acids is 2. The number of likely N-dealkylation sites (N-methyl/N-ethyl adjacent to an activating group) is 1. The molecular weight excluding hydrogens is 324 g/mol. The number of rotatable bonds is 5. The molecule has 2 fully saturated rings. The highest BCUT2D eigenvalue weighted by molar-refractivity contribution is 5.92. The molecule has 24 heavy (non-hydrogen) atoms. The number of aliphatic hydroxyl groups excluding tert-OH is 4. The molecule has 0 spiro atoms. The summed E-state index contributed by atoms with van der Waals surface area (Å²) in [6.45, 7) is 0.690. The first-order chi connectivity index (χ1) is 11.3. The van der Waals surface area contributed by atoms with Crippen molar-refractivity contribution in [3.05, 3.63) is 0 Å². The van der Waals surface area contributed by atoms with Gasteiger partial charge in [-0.15, -0.1) is 0 Å². The van der Waals surface area contributed by atoms with Crippen molar-refractivity contribution in [1.82, 2.24) is 10.6 Å². The Morgan fingerprint density at radius 2 is 1.92 bits per heavy atom. The van der Waals surface area contributed by atoms with Gasteiger partial charge in [-0.3, -0.25) is 9.59 Å². The molecule has 0 radical (unpaired) electrons. The third kappa shape index (κ3) is 3.25. The van der Waals surface area contributed by atoms with Crippen LogP contribution in [-0.4, -0.2) is 88.2 Å². The van der Waals surface area contributed by atoms with Gasteiger partial charge in [-0.05, 0) is 12.8 Å². The summed E-state index contributed by atoms with van der Waals surface area (Å²) in [6, 6.07) is 0. The Bertz CT molecular complexity index is 487. The second-order valence-corrected chi connectivity index (χ2v) is 6.09. The molecule has 10 heteroatoms. The predicted molar refractivity (Wildman–Crippen MR) is 78.5 cm³/mol. The number of carbonyl (C=O) groups is 2. The minimum Gasteiger partial charge on any atom is -0.394 e. The molecule has 138 valence electrons. The molecule has 1 aliphatic carbocycles. The van der Waals surface area contributed by atoms with E-state index in [1.54, 1.807) is 0 Å². The molecule has 2 aliphatic rings. The van der Waals surface area contributed by atoms with Crippen LogP contribution in [-0.2, 0) is 19.1 Å². The van der Waals surface area contributed by atoms with Crippen LogP contribution in [0.1, 0.15) is 19.8 Å². The largest absolute Gasteiger partial charge is 0.394 e. The summed E-state index contributed by atoms with van der Waals surface area (Å²) in [4.78, 5) is 23.6. The molecule has 2 amide bonds. The van der Waals surface area contributed by atoms with Crippen molar-refractivity contribution < 1.29 is 39.5 Å². The molecule has 2 rings (SSSR count). The molecule has 6 N–H and O–H groups in total. The van der Waals surface area contributed by atoms with Gasteiger partial charge in [-0.1, -0.05) is 0 Å². The lowest BCUT2D eigenvalue weighted by atomic mass is 9.72. The molecular formula is C14H24N2O8. The topological polar surface area (TPSA) is 158 Å². The van der Waals surface area contributed by atoms with Crippen LogP contribution in [0.25, 0.3) is 0 Å². The van der Waals surface area contributed by atoms with Crippen LogP contribution in [0.5, 0.6) is 0 Å². The van der Waals surface area contributed by atoms with Crippen molar-refractivity contribution in [2.24, 2.45) is 0 Å². The summed E-state index contributed by atoms with van der Waals surface area (Å²) in [5, 5.41) is 43.8. The first-order valence-corrected chi connectivity index (χ1v) is 7.73. The molecule has 0 aromatic heterocycles. The van der Waals surface area contributed by atoms with Crippen LogP contribution in [0.4, 0.5) is 0 Å². The van der Waals surface area contributed by atoms with E-state index >= 15 is 0 Å². The van der Waals surface area contributed by atoms with Crippen molar-refractivity contribution in [3.63, 3.8) is 0 Å². The standard InChI is InChI=1S/C14H24N2O8/c1-6(18)16-14(13(22)15-2)4-3-8(14)24-12-11(21)10(20)9(19)7(5-17)23-12/h7-12,17,19-21H,3-5H2,1-2H3,(H,15,22)(H,16,18)/t7-,8-,9-,10+,11-,12+,14-/m1/s1. The number of ether oxygens (including phenoxy) is 2. The van der Waals surface area contributed by atoms with Crippen LogP contribution in [0, 0.1) is 0 Å². The number of amides is 2. The van der Waals surface area contributed by atoms with E-state index in [1.165, 1.54) is 14.0 Å². The molecule has 1 saturated heterocycles. The van der Waals surface area contributed by atoms with Gasteiger partial charge in [-0.2, -0.15) is 0 Å². The number of hydrogen-bond donors (Lipinski definition) is 6. The van der Waals surface area contributed by atoms with Crippen molar-refractivity contribution in [2.75, 3.05) is 13.7 Å². The second-order valence-electron chi connectivity index (χ2n) is 6.09. The lowest BCUT2D eigenvalue weighted by Gasteiger charge is -2.50. The number of hydrogen-bond acceptors (Lipinski definition) is 8. The SMILES string of the molecule is CNC(=O)[C@@]1(NC(C)=O)CC[C@H]1O[C@@H]1O[C@H](CO)[C@@H](O)[C@H](O)[C@H]1O. The maximum absolute atomic E-state index is 12.2. The third-order valence-electron chi connectivity index (χ3n) is 4.53. The van der Waals surface area contributed by atoms with Gasteiger partial charge < -0.3 is 40.5 Å². The fourth-order valence-corrected chi connectivity index (χ4v) is 3.07. The predicted octanol–water partition coefficient (Wildman–Crippen LogP) is -3.41. The van der Waals surface area contributed by atoms with E-state index in [9.17, 15) is 30.0 Å². The third-order valence-corrected chi connectivity index (χ3v) is 4.53. The molecule has 1 saturated carbocycles. The first kappa shape index (κ1) is 19.0. The fourth-order valence-electron chi connectivity index (χ4n) is 3.07. The summed E-state index contributed by atoms with van der Waals surface area (Å²) < 4.78 is 10.9. The van der Waals surface area contributed by atoms with Gasteiger partial charge >= 0.3 is 0 Å². The fraction of sp³-hybridized carbons (Fsp3) is 0.857. The van der Waals surface area contributed by atoms with E-state index in [-0.39, 0.29) is 0 Å². The summed E-state index contributed by atoms with van der Waals surface area (Å²) in [5.74, 6) is -0.862. The van der Waals surface area contributed by atoms with Gasteiger partial charge in [0.15, 0.2) is 6.29 Å². The van der Waals surface area contributed by atoms with Crippen LogP contribution in [0.3, 0.4) is 0 Å². The number of nitrogens with one attached hydrogen (secondary N) is 2. The molecule has 10 nitrogen and oxygen atoms in total. The molecule has 1 heterocycles. The minimum absolute atomic E-state index is 0.342. The van der Waals surface area contributed by atoms with Crippen LogP contribution in [0.15, 0.2) is 0 Å². The van der Waals surface area contributed by atoms with Gasteiger partial charge in [-0.25, -0.2) is 0 Å². The Morgan fingerprint density at radius 3 is 2.38 bits per heavy atom. The zero-order valence-corrected chi connectivity index (χ0v) is 13.5. The maximum Gasteiger partial charge on any atom is 0.248 e. The van der Waals surface area contributed by atoms with Gasteiger partial charge in [0.05, 0.1) is 12.7 Å². The minimum atomic E-state index is -1.57. The normalized spacial score (nSPS) is 42.1. The van der Waals surface area contributed by atoms with E-state index in [4.69, 9.17) is 9.47 Å². The average Bonchev–Trinajstić information content (AvgIpc) is 2.54. The van der Waals surface area contributed by atoms with Gasteiger partial charge in [0.1, 0.15) is 30.0 Å². The monoisotopic (exact) mass is 348 g/mol. The molecule has 0 unspecified atom stereocenters. The Morgan fingerprint density at radius 1 is 1.25 bits per heavy atom. The lowest BCUT2D eigenvalue weighted by Crippen LogP contribution is -2.72. The quantitative estimate of drug-likeness (QED) is 0.300. The maximum atomic E-state index is 12.2. The zero-order valence-electron chi connectivity index (χ0n) is 13.5. The van der Waals surface area contributed by atoms with Gasteiger partial charge in [0, 0.05) is 14.0 Å². The van der Waals surface area contributed by atoms with Gasteiger partial charge in [0.2, 0.25) is 11.8 Å². The highest BCUT2D eigenvalue weighted by atomic mass is 16.7. The van der Waals surface area contributed by atoms with Crippen molar-refractivity contribution >= 4 is 11.8 Å². The number of aliphatic hydroxyl groups is 4. The van der Waals surface area contributed by atoms with E-state index in [2.05, 4.69) is 10.6 Å². The molecule has 0 bridgehead atoms. The van der Waals surface area contributed by atoms with Crippen LogP contribution < -0.4 is 10.6 Å². The Kier molecular flexibility index (Phi) is 5.78. The summed E-state index contributed by atoms with van der Waals surface area (Å²) in [6.07, 6.45) is -7.13. The van der Waals surface area contributed by atoms with Crippen LogP contribution >= 0.6 is 0 Å². The zero-order chi connectivity index (χ0) is 18.1. The van der Waals surface area contributed by atoms with Crippen LogP contribution in [0.2, 0.25) is 0 Å². The molecule has 0 aromatic rings. The smallest absolute Gasteiger partial charge is 0.248 e. The Hall–Kier alpha value is -1.30.